The second kappa shape index (κ2) is 14.3. The van der Waals surface area contributed by atoms with Gasteiger partial charge in [0.2, 0.25) is 0 Å². The average molecular weight is 779 g/mol. The van der Waals surface area contributed by atoms with Crippen LogP contribution in [0, 0.1) is 0 Å². The van der Waals surface area contributed by atoms with Crippen molar-refractivity contribution in [1.29, 1.82) is 0 Å². The highest BCUT2D eigenvalue weighted by Crippen LogP contribution is 2.45. The number of fused-ring (bicyclic) bond motifs is 7. The summed E-state index contributed by atoms with van der Waals surface area (Å²) in [4.78, 5) is 2.39. The molecule has 0 unspecified atom stereocenters. The first-order chi connectivity index (χ1) is 30.3. The lowest BCUT2D eigenvalue weighted by atomic mass is 9.95. The second-order valence-electron chi connectivity index (χ2n) is 15.7. The third kappa shape index (κ3) is 5.82. The molecule has 12 rings (SSSR count). The molecule has 3 nitrogen and oxygen atoms in total. The summed E-state index contributed by atoms with van der Waals surface area (Å²) < 4.78 is 9.03. The first-order valence-corrected chi connectivity index (χ1v) is 20.8. The van der Waals surface area contributed by atoms with E-state index >= 15 is 0 Å². The van der Waals surface area contributed by atoms with Crippen LogP contribution < -0.4 is 4.90 Å². The topological polar surface area (TPSA) is 21.3 Å². The minimum atomic E-state index is 0.886. The second-order valence-corrected chi connectivity index (χ2v) is 15.7. The van der Waals surface area contributed by atoms with Gasteiger partial charge >= 0.3 is 0 Å². The minimum absolute atomic E-state index is 0.886. The van der Waals surface area contributed by atoms with Gasteiger partial charge in [-0.15, -0.1) is 0 Å². The maximum absolute atomic E-state index is 6.64. The molecule has 2 aromatic heterocycles. The van der Waals surface area contributed by atoms with Crippen LogP contribution in [0.25, 0.3) is 93.6 Å². The van der Waals surface area contributed by atoms with Crippen molar-refractivity contribution in [3.63, 3.8) is 0 Å². The average Bonchev–Trinajstić information content (AvgIpc) is 3.88. The van der Waals surface area contributed by atoms with E-state index in [9.17, 15) is 0 Å². The van der Waals surface area contributed by atoms with Gasteiger partial charge in [0.25, 0.3) is 0 Å². The van der Waals surface area contributed by atoms with Crippen molar-refractivity contribution >= 4 is 71.6 Å². The standard InChI is InChI=1S/C58H38N2O/c1-2-21-46-40(15-1)16-12-26-47(46)42-18-11-17-41(37-42)39-33-35-43(36-34-39)59(44-19-13-20-45(38-44)60-55-30-8-3-22-48(55)49-23-4-9-31-56(49)60)54-29-7-5-24-50(54)52-27-14-28-53-51-25-6-10-32-57(51)61-58(52)53/h1-38H. The molecule has 286 valence electrons. The fourth-order valence-corrected chi connectivity index (χ4v) is 9.40. The van der Waals surface area contributed by atoms with E-state index in [2.05, 4.69) is 234 Å². The molecule has 0 spiro atoms. The SMILES string of the molecule is c1cc(-c2ccc(N(c3cccc(-n4c5ccccc5c5ccccc54)c3)c3ccccc3-c3cccc4c3oc3ccccc34)cc2)cc(-c2cccc3ccccc23)c1. The third-order valence-electron chi connectivity index (χ3n) is 12.2. The van der Waals surface area contributed by atoms with Crippen LogP contribution in [-0.2, 0) is 0 Å². The molecule has 0 radical (unpaired) electrons. The van der Waals surface area contributed by atoms with Gasteiger partial charge in [-0.1, -0.05) is 170 Å². The molecule has 0 saturated heterocycles. The first-order valence-electron chi connectivity index (χ1n) is 20.8. The van der Waals surface area contributed by atoms with E-state index in [0.29, 0.717) is 0 Å². The number of nitrogens with zero attached hydrogens (tertiary/aromatic N) is 2. The molecule has 10 aromatic carbocycles. The number of hydrogen-bond acceptors (Lipinski definition) is 2. The zero-order chi connectivity index (χ0) is 40.3. The van der Waals surface area contributed by atoms with Gasteiger partial charge in [-0.25, -0.2) is 0 Å². The van der Waals surface area contributed by atoms with Crippen LogP contribution in [0.4, 0.5) is 17.1 Å². The lowest BCUT2D eigenvalue weighted by molar-refractivity contribution is 0.670. The van der Waals surface area contributed by atoms with Gasteiger partial charge < -0.3 is 13.9 Å². The number of rotatable bonds is 7. The molecule has 0 aliphatic heterocycles. The molecule has 0 aliphatic rings. The highest BCUT2D eigenvalue weighted by Gasteiger charge is 2.22. The van der Waals surface area contributed by atoms with E-state index in [0.717, 1.165) is 61.4 Å². The Morgan fingerprint density at radius 2 is 0.934 bits per heavy atom. The van der Waals surface area contributed by atoms with Crippen molar-refractivity contribution in [2.24, 2.45) is 0 Å². The molecule has 12 aromatic rings. The Bertz CT molecular complexity index is 3550. The Balaban J connectivity index is 1.03. The minimum Gasteiger partial charge on any atom is -0.455 e. The van der Waals surface area contributed by atoms with Crippen molar-refractivity contribution in [2.75, 3.05) is 4.90 Å². The summed E-state index contributed by atoms with van der Waals surface area (Å²) in [7, 11) is 0. The fourth-order valence-electron chi connectivity index (χ4n) is 9.40. The summed E-state index contributed by atoms with van der Waals surface area (Å²) in [6.45, 7) is 0. The van der Waals surface area contributed by atoms with Crippen LogP contribution in [0.5, 0.6) is 0 Å². The van der Waals surface area contributed by atoms with Gasteiger partial charge in [-0.2, -0.15) is 0 Å². The Kier molecular flexibility index (Phi) is 8.17. The molecule has 3 heteroatoms. The van der Waals surface area contributed by atoms with Crippen LogP contribution in [0.2, 0.25) is 0 Å². The van der Waals surface area contributed by atoms with Gasteiger partial charge in [0, 0.05) is 49.7 Å². The first kappa shape index (κ1) is 34.9. The third-order valence-corrected chi connectivity index (χ3v) is 12.2. The molecule has 0 bridgehead atoms. The van der Waals surface area contributed by atoms with Crippen molar-refractivity contribution in [1.82, 2.24) is 4.57 Å². The van der Waals surface area contributed by atoms with Crippen LogP contribution in [0.3, 0.4) is 0 Å². The Morgan fingerprint density at radius 3 is 1.77 bits per heavy atom. The smallest absolute Gasteiger partial charge is 0.143 e. The van der Waals surface area contributed by atoms with Crippen molar-refractivity contribution in [2.45, 2.75) is 0 Å². The monoisotopic (exact) mass is 778 g/mol. The van der Waals surface area contributed by atoms with E-state index in [-0.39, 0.29) is 0 Å². The quantitative estimate of drug-likeness (QED) is 0.161. The number of benzene rings is 10. The van der Waals surface area contributed by atoms with E-state index in [4.69, 9.17) is 4.42 Å². The van der Waals surface area contributed by atoms with Crippen LogP contribution >= 0.6 is 0 Å². The summed E-state index contributed by atoms with van der Waals surface area (Å²) in [6, 6.07) is 82.9. The number of aromatic nitrogens is 1. The molecule has 0 saturated carbocycles. The molecule has 0 N–H and O–H groups in total. The molecule has 61 heavy (non-hydrogen) atoms. The number of furan rings is 1. The van der Waals surface area contributed by atoms with Gasteiger partial charge in [-0.05, 0) is 93.7 Å². The largest absolute Gasteiger partial charge is 0.455 e. The van der Waals surface area contributed by atoms with Crippen LogP contribution in [-0.4, -0.2) is 4.57 Å². The number of para-hydroxylation sites is 5. The maximum Gasteiger partial charge on any atom is 0.143 e. The van der Waals surface area contributed by atoms with E-state index in [1.165, 1.54) is 49.3 Å². The fraction of sp³-hybridized carbons (Fsp3) is 0. The lowest BCUT2D eigenvalue weighted by Crippen LogP contribution is -2.12. The van der Waals surface area contributed by atoms with Gasteiger partial charge in [0.15, 0.2) is 0 Å². The maximum atomic E-state index is 6.64. The van der Waals surface area contributed by atoms with Gasteiger partial charge in [0.1, 0.15) is 11.2 Å². The van der Waals surface area contributed by atoms with E-state index in [1.807, 2.05) is 6.07 Å². The Morgan fingerprint density at radius 1 is 0.344 bits per heavy atom. The molecule has 0 aliphatic carbocycles. The van der Waals surface area contributed by atoms with E-state index in [1.54, 1.807) is 0 Å². The number of hydrogen-bond donors (Lipinski definition) is 0. The predicted octanol–water partition coefficient (Wildman–Crippen LogP) is 16.3. The zero-order valence-electron chi connectivity index (χ0n) is 33.2. The zero-order valence-corrected chi connectivity index (χ0v) is 33.2. The molecule has 0 atom stereocenters. The summed E-state index contributed by atoms with van der Waals surface area (Å²) >= 11 is 0. The summed E-state index contributed by atoms with van der Waals surface area (Å²) in [5.41, 5.74) is 15.3. The molecule has 0 fully saturated rings. The Hall–Kier alpha value is -8.14. The van der Waals surface area contributed by atoms with Gasteiger partial charge in [-0.3, -0.25) is 0 Å². The lowest BCUT2D eigenvalue weighted by Gasteiger charge is -2.28. The highest BCUT2D eigenvalue weighted by atomic mass is 16.3. The Labute approximate surface area is 353 Å². The number of anilines is 3. The van der Waals surface area contributed by atoms with Crippen molar-refractivity contribution in [3.8, 4) is 39.1 Å². The van der Waals surface area contributed by atoms with Crippen molar-refractivity contribution in [3.05, 3.63) is 231 Å². The van der Waals surface area contributed by atoms with Crippen molar-refractivity contribution < 1.29 is 4.42 Å². The molecule has 0 amide bonds. The molecular weight excluding hydrogens is 741 g/mol. The van der Waals surface area contributed by atoms with Gasteiger partial charge in [0.05, 0.1) is 16.7 Å². The van der Waals surface area contributed by atoms with E-state index < -0.39 is 0 Å². The highest BCUT2D eigenvalue weighted by molar-refractivity contribution is 6.11. The summed E-state index contributed by atoms with van der Waals surface area (Å²) in [6.07, 6.45) is 0. The molecular formula is C58H38N2O. The van der Waals surface area contributed by atoms with Crippen LogP contribution in [0.15, 0.2) is 235 Å². The van der Waals surface area contributed by atoms with Crippen LogP contribution in [0.1, 0.15) is 0 Å². The summed E-state index contributed by atoms with van der Waals surface area (Å²) in [5, 5.41) is 7.21. The normalized spacial score (nSPS) is 11.6. The summed E-state index contributed by atoms with van der Waals surface area (Å²) in [5.74, 6) is 0. The molecule has 2 heterocycles. The predicted molar refractivity (Wildman–Crippen MR) is 257 cm³/mol.